The fourth-order valence-corrected chi connectivity index (χ4v) is 1.92. The number of likely N-dealkylation sites (N-methyl/N-ethyl adjacent to an activating group) is 1. The van der Waals surface area contributed by atoms with E-state index in [-0.39, 0.29) is 5.54 Å². The Morgan fingerprint density at radius 1 is 1.53 bits per heavy atom. The summed E-state index contributed by atoms with van der Waals surface area (Å²) in [5.74, 6) is 0. The van der Waals surface area contributed by atoms with E-state index in [1.165, 1.54) is 24.2 Å². The minimum atomic E-state index is -0.835. The van der Waals surface area contributed by atoms with Gasteiger partial charge in [-0.3, -0.25) is 0 Å². The predicted molar refractivity (Wildman–Crippen MR) is 60.1 cm³/mol. The van der Waals surface area contributed by atoms with Gasteiger partial charge in [-0.25, -0.2) is 4.79 Å². The molecule has 4 nitrogen and oxygen atoms in total. The molecule has 0 aliphatic heterocycles. The predicted octanol–water partition coefficient (Wildman–Crippen LogP) is 1.91. The average molecular weight is 214 g/mol. The van der Waals surface area contributed by atoms with Crippen LogP contribution in [0.2, 0.25) is 0 Å². The van der Waals surface area contributed by atoms with E-state index >= 15 is 0 Å². The summed E-state index contributed by atoms with van der Waals surface area (Å²) in [6.07, 6.45) is 2.93. The highest BCUT2D eigenvalue weighted by Crippen LogP contribution is 2.20. The summed E-state index contributed by atoms with van der Waals surface area (Å²) in [6, 6.07) is 0.608. The molecule has 0 unspecified atom stereocenters. The molecular formula is C11H22N2O2. The van der Waals surface area contributed by atoms with Gasteiger partial charge in [0, 0.05) is 19.1 Å². The smallest absolute Gasteiger partial charge is 0.407 e. The van der Waals surface area contributed by atoms with Crippen molar-refractivity contribution in [2.75, 3.05) is 13.1 Å². The summed E-state index contributed by atoms with van der Waals surface area (Å²) >= 11 is 0. The lowest BCUT2D eigenvalue weighted by atomic mass is 9.92. The third kappa shape index (κ3) is 3.09. The van der Waals surface area contributed by atoms with Crippen molar-refractivity contribution in [2.45, 2.75) is 51.6 Å². The highest BCUT2D eigenvalue weighted by molar-refractivity contribution is 5.66. The molecule has 0 aromatic carbocycles. The molecular weight excluding hydrogens is 192 g/mol. The Morgan fingerprint density at radius 3 is 2.47 bits per heavy atom. The zero-order chi connectivity index (χ0) is 11.5. The van der Waals surface area contributed by atoms with Crippen molar-refractivity contribution in [3.8, 4) is 0 Å². The second kappa shape index (κ2) is 4.84. The average Bonchev–Trinajstić information content (AvgIpc) is 2.00. The van der Waals surface area contributed by atoms with Gasteiger partial charge in [0.1, 0.15) is 0 Å². The monoisotopic (exact) mass is 214 g/mol. The molecule has 1 saturated carbocycles. The zero-order valence-corrected chi connectivity index (χ0v) is 9.92. The first-order chi connectivity index (χ1) is 6.97. The SMILES string of the molecule is CCN(C(=O)O)C(C)(C)CNC1CCC1. The molecule has 0 aromatic heterocycles. The van der Waals surface area contributed by atoms with Gasteiger partial charge in [-0.2, -0.15) is 0 Å². The van der Waals surface area contributed by atoms with Crippen LogP contribution in [0.5, 0.6) is 0 Å². The van der Waals surface area contributed by atoms with Crippen molar-refractivity contribution in [3.05, 3.63) is 0 Å². The van der Waals surface area contributed by atoms with E-state index < -0.39 is 6.09 Å². The molecule has 1 aliphatic rings. The molecule has 0 heterocycles. The third-order valence-electron chi connectivity index (χ3n) is 3.21. The lowest BCUT2D eigenvalue weighted by Crippen LogP contribution is -2.55. The van der Waals surface area contributed by atoms with E-state index in [1.807, 2.05) is 20.8 Å². The van der Waals surface area contributed by atoms with Gasteiger partial charge in [0.05, 0.1) is 5.54 Å². The topological polar surface area (TPSA) is 52.6 Å². The maximum atomic E-state index is 11.0. The molecule has 88 valence electrons. The summed E-state index contributed by atoms with van der Waals surface area (Å²) in [7, 11) is 0. The van der Waals surface area contributed by atoms with Crippen molar-refractivity contribution in [1.29, 1.82) is 0 Å². The number of hydrogen-bond donors (Lipinski definition) is 2. The molecule has 4 heteroatoms. The van der Waals surface area contributed by atoms with Crippen molar-refractivity contribution >= 4 is 6.09 Å². The molecule has 0 aromatic rings. The second-order valence-corrected chi connectivity index (χ2v) is 4.85. The fraction of sp³-hybridized carbons (Fsp3) is 0.909. The number of carbonyl (C=O) groups is 1. The maximum Gasteiger partial charge on any atom is 0.407 e. The van der Waals surface area contributed by atoms with Gasteiger partial charge in [-0.15, -0.1) is 0 Å². The normalized spacial score (nSPS) is 17.3. The van der Waals surface area contributed by atoms with Crippen LogP contribution >= 0.6 is 0 Å². The fourth-order valence-electron chi connectivity index (χ4n) is 1.92. The van der Waals surface area contributed by atoms with Crippen LogP contribution in [0.4, 0.5) is 4.79 Å². The Kier molecular flexibility index (Phi) is 3.97. The van der Waals surface area contributed by atoms with Crippen LogP contribution < -0.4 is 5.32 Å². The van der Waals surface area contributed by atoms with Crippen LogP contribution in [-0.4, -0.2) is 40.8 Å². The number of carboxylic acid groups (broad SMARTS) is 1. The Morgan fingerprint density at radius 2 is 2.13 bits per heavy atom. The number of nitrogens with zero attached hydrogens (tertiary/aromatic N) is 1. The summed E-state index contributed by atoms with van der Waals surface area (Å²) in [5, 5.41) is 12.5. The molecule has 0 saturated heterocycles. The lowest BCUT2D eigenvalue weighted by molar-refractivity contribution is 0.0916. The largest absolute Gasteiger partial charge is 0.465 e. The van der Waals surface area contributed by atoms with Gasteiger partial charge in [0.15, 0.2) is 0 Å². The third-order valence-corrected chi connectivity index (χ3v) is 3.21. The first-order valence-corrected chi connectivity index (χ1v) is 5.71. The van der Waals surface area contributed by atoms with Crippen molar-refractivity contribution in [1.82, 2.24) is 10.2 Å². The quantitative estimate of drug-likeness (QED) is 0.735. The highest BCUT2D eigenvalue weighted by Gasteiger charge is 2.30. The van der Waals surface area contributed by atoms with Gasteiger partial charge in [0.2, 0.25) is 0 Å². The molecule has 1 rings (SSSR count). The standard InChI is InChI=1S/C11H22N2O2/c1-4-13(10(14)15)11(2,3)8-12-9-6-5-7-9/h9,12H,4-8H2,1-3H3,(H,14,15). The molecule has 2 N–H and O–H groups in total. The van der Waals surface area contributed by atoms with Crippen molar-refractivity contribution < 1.29 is 9.90 Å². The molecule has 1 fully saturated rings. The maximum absolute atomic E-state index is 11.0. The molecule has 0 radical (unpaired) electrons. The van der Waals surface area contributed by atoms with Gasteiger partial charge < -0.3 is 15.3 Å². The molecule has 0 atom stereocenters. The summed E-state index contributed by atoms with van der Waals surface area (Å²) in [4.78, 5) is 12.5. The Labute approximate surface area is 91.6 Å². The van der Waals surface area contributed by atoms with E-state index in [9.17, 15) is 4.79 Å². The van der Waals surface area contributed by atoms with Gasteiger partial charge in [0.25, 0.3) is 0 Å². The summed E-state index contributed by atoms with van der Waals surface area (Å²) in [5.41, 5.74) is -0.323. The molecule has 1 amide bonds. The lowest BCUT2D eigenvalue weighted by Gasteiger charge is -2.38. The van der Waals surface area contributed by atoms with Crippen LogP contribution in [0.25, 0.3) is 0 Å². The number of amides is 1. The van der Waals surface area contributed by atoms with E-state index in [0.717, 1.165) is 6.54 Å². The van der Waals surface area contributed by atoms with E-state index in [1.54, 1.807) is 0 Å². The van der Waals surface area contributed by atoms with E-state index in [4.69, 9.17) is 5.11 Å². The first-order valence-electron chi connectivity index (χ1n) is 5.71. The molecule has 0 spiro atoms. The van der Waals surface area contributed by atoms with Crippen LogP contribution in [-0.2, 0) is 0 Å². The number of nitrogens with one attached hydrogen (secondary N) is 1. The first kappa shape index (κ1) is 12.3. The van der Waals surface area contributed by atoms with Crippen LogP contribution in [0.1, 0.15) is 40.0 Å². The molecule has 15 heavy (non-hydrogen) atoms. The van der Waals surface area contributed by atoms with Gasteiger partial charge in [-0.1, -0.05) is 6.42 Å². The number of hydrogen-bond acceptors (Lipinski definition) is 2. The van der Waals surface area contributed by atoms with E-state index in [2.05, 4.69) is 5.32 Å². The van der Waals surface area contributed by atoms with Crippen molar-refractivity contribution in [2.24, 2.45) is 0 Å². The summed E-state index contributed by atoms with van der Waals surface area (Å²) in [6.45, 7) is 7.08. The van der Waals surface area contributed by atoms with Crippen LogP contribution in [0.15, 0.2) is 0 Å². The minimum Gasteiger partial charge on any atom is -0.465 e. The van der Waals surface area contributed by atoms with Crippen molar-refractivity contribution in [3.63, 3.8) is 0 Å². The Hall–Kier alpha value is -0.770. The van der Waals surface area contributed by atoms with Gasteiger partial charge >= 0.3 is 6.09 Å². The zero-order valence-electron chi connectivity index (χ0n) is 9.92. The Bertz CT molecular complexity index is 225. The minimum absolute atomic E-state index is 0.323. The van der Waals surface area contributed by atoms with E-state index in [0.29, 0.717) is 12.6 Å². The second-order valence-electron chi connectivity index (χ2n) is 4.85. The Balaban J connectivity index is 2.43. The van der Waals surface area contributed by atoms with Crippen LogP contribution in [0.3, 0.4) is 0 Å². The van der Waals surface area contributed by atoms with Gasteiger partial charge in [-0.05, 0) is 33.6 Å². The molecule has 1 aliphatic carbocycles. The summed E-state index contributed by atoms with van der Waals surface area (Å²) < 4.78 is 0. The van der Waals surface area contributed by atoms with Crippen LogP contribution in [0, 0.1) is 0 Å². The number of rotatable bonds is 5. The molecule has 0 bridgehead atoms. The highest BCUT2D eigenvalue weighted by atomic mass is 16.4.